The number of allylic oxidation sites excluding steroid dienone is 4. The number of ketones is 1. The highest BCUT2D eigenvalue weighted by Crippen LogP contribution is 2.59. The summed E-state index contributed by atoms with van der Waals surface area (Å²) in [5.41, 5.74) is 5.74. The first-order valence-corrected chi connectivity index (χ1v) is 9.08. The zero-order valence-corrected chi connectivity index (χ0v) is 13.6. The van der Waals surface area contributed by atoms with Crippen LogP contribution in [0.5, 0.6) is 0 Å². The number of hydrogen-bond acceptors (Lipinski definition) is 1. The summed E-state index contributed by atoms with van der Waals surface area (Å²) in [6.45, 7) is 4.87. The average Bonchev–Trinajstić information content (AvgIpc) is 2.85. The third kappa shape index (κ3) is 1.99. The second-order valence-electron chi connectivity index (χ2n) is 8.10. The summed E-state index contributed by atoms with van der Waals surface area (Å²) >= 11 is 0. The number of carbonyl (C=O) groups excluding carboxylic acids is 1. The predicted octanol–water partition coefficient (Wildman–Crippen LogP) is 5.22. The number of fused-ring (bicyclic) bond motifs is 4. The van der Waals surface area contributed by atoms with E-state index in [1.807, 2.05) is 17.2 Å². The van der Waals surface area contributed by atoms with Crippen LogP contribution in [0.3, 0.4) is 0 Å². The molecule has 0 aromatic rings. The third-order valence-electron chi connectivity index (χ3n) is 7.32. The minimum atomic E-state index is 0.384. The van der Waals surface area contributed by atoms with Crippen molar-refractivity contribution < 1.29 is 4.79 Å². The lowest BCUT2D eigenvalue weighted by Crippen LogP contribution is -2.36. The average molecular weight is 284 g/mol. The summed E-state index contributed by atoms with van der Waals surface area (Å²) in [7, 11) is 0. The lowest BCUT2D eigenvalue weighted by atomic mass is 9.59. The molecule has 1 saturated carbocycles. The van der Waals surface area contributed by atoms with E-state index in [1.54, 1.807) is 0 Å². The number of rotatable bonds is 1. The van der Waals surface area contributed by atoms with Crippen molar-refractivity contribution in [2.45, 2.75) is 71.6 Å². The van der Waals surface area contributed by atoms with Crippen LogP contribution in [0.2, 0.25) is 0 Å². The van der Waals surface area contributed by atoms with Crippen LogP contribution in [-0.4, -0.2) is 5.78 Å². The van der Waals surface area contributed by atoms with Gasteiger partial charge in [0.15, 0.2) is 5.78 Å². The van der Waals surface area contributed by atoms with Crippen LogP contribution in [0.1, 0.15) is 71.6 Å². The Morgan fingerprint density at radius 1 is 1.10 bits per heavy atom. The van der Waals surface area contributed by atoms with Gasteiger partial charge < -0.3 is 0 Å². The molecule has 0 saturated heterocycles. The van der Waals surface area contributed by atoms with E-state index in [4.69, 9.17) is 0 Å². The van der Waals surface area contributed by atoms with Crippen LogP contribution < -0.4 is 0 Å². The van der Waals surface area contributed by atoms with E-state index < -0.39 is 0 Å². The molecule has 4 rings (SSSR count). The first kappa shape index (κ1) is 13.8. The summed E-state index contributed by atoms with van der Waals surface area (Å²) in [6, 6.07) is 0. The quantitative estimate of drug-likeness (QED) is 0.603. The van der Waals surface area contributed by atoms with Gasteiger partial charge in [0, 0.05) is 6.42 Å². The molecule has 0 heterocycles. The molecular formula is C20H28O. The van der Waals surface area contributed by atoms with Gasteiger partial charge in [-0.15, -0.1) is 0 Å². The van der Waals surface area contributed by atoms with Gasteiger partial charge in [0.2, 0.25) is 0 Å². The van der Waals surface area contributed by atoms with Crippen molar-refractivity contribution in [1.29, 1.82) is 0 Å². The number of carbonyl (C=O) groups is 1. The van der Waals surface area contributed by atoms with E-state index in [-0.39, 0.29) is 0 Å². The molecule has 0 bridgehead atoms. The van der Waals surface area contributed by atoms with Crippen LogP contribution in [0.25, 0.3) is 0 Å². The molecule has 21 heavy (non-hydrogen) atoms. The fraction of sp³-hybridized carbons (Fsp3) is 0.750. The SMILES string of the molecule is CC[C@]1(C)CCC2=C1CC[C@@H]1[C@@H]3CCC(=O)C=C3CC[C@H]21. The summed E-state index contributed by atoms with van der Waals surface area (Å²) in [5, 5.41) is 0. The Morgan fingerprint density at radius 2 is 1.90 bits per heavy atom. The zero-order chi connectivity index (χ0) is 14.6. The monoisotopic (exact) mass is 284 g/mol. The maximum Gasteiger partial charge on any atom is 0.155 e. The van der Waals surface area contributed by atoms with Gasteiger partial charge in [-0.1, -0.05) is 30.6 Å². The zero-order valence-electron chi connectivity index (χ0n) is 13.6. The Labute approximate surface area is 128 Å². The van der Waals surface area contributed by atoms with E-state index in [1.165, 1.54) is 50.5 Å². The van der Waals surface area contributed by atoms with E-state index in [9.17, 15) is 4.79 Å². The Kier molecular flexibility index (Phi) is 3.17. The first-order valence-electron chi connectivity index (χ1n) is 9.08. The Balaban J connectivity index is 1.66. The van der Waals surface area contributed by atoms with E-state index in [0.29, 0.717) is 11.2 Å². The van der Waals surface area contributed by atoms with E-state index >= 15 is 0 Å². The fourth-order valence-corrected chi connectivity index (χ4v) is 5.94. The van der Waals surface area contributed by atoms with E-state index in [2.05, 4.69) is 13.8 Å². The van der Waals surface area contributed by atoms with Crippen LogP contribution in [0.4, 0.5) is 0 Å². The van der Waals surface area contributed by atoms with Gasteiger partial charge in [-0.3, -0.25) is 4.79 Å². The minimum absolute atomic E-state index is 0.384. The lowest BCUT2D eigenvalue weighted by molar-refractivity contribution is -0.115. The highest BCUT2D eigenvalue weighted by molar-refractivity contribution is 5.91. The molecular weight excluding hydrogens is 256 g/mol. The minimum Gasteiger partial charge on any atom is -0.295 e. The maximum absolute atomic E-state index is 11.7. The molecule has 0 aromatic heterocycles. The molecule has 4 atom stereocenters. The smallest absolute Gasteiger partial charge is 0.155 e. The Hall–Kier alpha value is -0.850. The van der Waals surface area contributed by atoms with Crippen LogP contribution >= 0.6 is 0 Å². The van der Waals surface area contributed by atoms with Crippen LogP contribution in [0.15, 0.2) is 22.8 Å². The molecule has 0 unspecified atom stereocenters. The predicted molar refractivity (Wildman–Crippen MR) is 85.9 cm³/mol. The topological polar surface area (TPSA) is 17.1 Å². The highest BCUT2D eigenvalue weighted by Gasteiger charge is 2.46. The van der Waals surface area contributed by atoms with Gasteiger partial charge in [-0.05, 0) is 80.6 Å². The van der Waals surface area contributed by atoms with Gasteiger partial charge in [0.05, 0.1) is 0 Å². The van der Waals surface area contributed by atoms with Crippen LogP contribution in [0, 0.1) is 23.2 Å². The summed E-state index contributed by atoms with van der Waals surface area (Å²) in [6.07, 6.45) is 13.3. The van der Waals surface area contributed by atoms with Crippen molar-refractivity contribution in [2.24, 2.45) is 23.2 Å². The highest BCUT2D eigenvalue weighted by atomic mass is 16.1. The van der Waals surface area contributed by atoms with Gasteiger partial charge in [-0.2, -0.15) is 0 Å². The molecule has 1 nitrogen and oxygen atoms in total. The van der Waals surface area contributed by atoms with Gasteiger partial charge in [0.25, 0.3) is 0 Å². The second-order valence-corrected chi connectivity index (χ2v) is 8.10. The van der Waals surface area contributed by atoms with Crippen molar-refractivity contribution >= 4 is 5.78 Å². The first-order chi connectivity index (χ1) is 10.1. The molecule has 1 heteroatoms. The Morgan fingerprint density at radius 3 is 2.71 bits per heavy atom. The normalized spacial score (nSPS) is 42.3. The van der Waals surface area contributed by atoms with E-state index in [0.717, 1.165) is 30.6 Å². The van der Waals surface area contributed by atoms with Crippen molar-refractivity contribution in [3.63, 3.8) is 0 Å². The fourth-order valence-electron chi connectivity index (χ4n) is 5.94. The van der Waals surface area contributed by atoms with Gasteiger partial charge in [0.1, 0.15) is 0 Å². The third-order valence-corrected chi connectivity index (χ3v) is 7.32. The molecule has 0 radical (unpaired) electrons. The standard InChI is InChI=1S/C20H28O/c1-3-20(2)11-10-18-17-6-4-13-12-14(21)5-7-15(13)16(17)8-9-19(18)20/h12,15-17H,3-11H2,1-2H3/t15-,16-,17+,20-/m1/s1. The van der Waals surface area contributed by atoms with Crippen molar-refractivity contribution in [2.75, 3.05) is 0 Å². The van der Waals surface area contributed by atoms with Crippen LogP contribution in [-0.2, 0) is 4.79 Å². The second kappa shape index (κ2) is 4.83. The maximum atomic E-state index is 11.7. The molecule has 0 aliphatic heterocycles. The molecule has 0 aromatic carbocycles. The molecule has 0 amide bonds. The largest absolute Gasteiger partial charge is 0.295 e. The molecule has 114 valence electrons. The van der Waals surface area contributed by atoms with Crippen molar-refractivity contribution in [3.8, 4) is 0 Å². The molecule has 4 aliphatic carbocycles. The van der Waals surface area contributed by atoms with Crippen molar-refractivity contribution in [3.05, 3.63) is 22.8 Å². The molecule has 0 N–H and O–H groups in total. The Bertz CT molecular complexity index is 538. The van der Waals surface area contributed by atoms with Gasteiger partial charge >= 0.3 is 0 Å². The summed E-state index contributed by atoms with van der Waals surface area (Å²) < 4.78 is 0. The van der Waals surface area contributed by atoms with Crippen molar-refractivity contribution in [1.82, 2.24) is 0 Å². The molecule has 4 aliphatic rings. The lowest BCUT2D eigenvalue weighted by Gasteiger charge is -2.46. The summed E-state index contributed by atoms with van der Waals surface area (Å²) in [5.74, 6) is 2.84. The van der Waals surface area contributed by atoms with Gasteiger partial charge in [-0.25, -0.2) is 0 Å². The molecule has 0 spiro atoms. The molecule has 1 fully saturated rings. The summed E-state index contributed by atoms with van der Waals surface area (Å²) in [4.78, 5) is 11.7. The number of hydrogen-bond donors (Lipinski definition) is 0.